The van der Waals surface area contributed by atoms with Crippen molar-refractivity contribution < 1.29 is 4.74 Å². The average molecular weight is 343 g/mol. The van der Waals surface area contributed by atoms with E-state index in [-0.39, 0.29) is 6.04 Å². The molecule has 0 saturated carbocycles. The van der Waals surface area contributed by atoms with Crippen LogP contribution in [0.3, 0.4) is 0 Å². The van der Waals surface area contributed by atoms with Crippen LogP contribution >= 0.6 is 12.2 Å². The van der Waals surface area contributed by atoms with Crippen LogP contribution in [0.4, 0.5) is 0 Å². The predicted octanol–water partition coefficient (Wildman–Crippen LogP) is 3.71. The van der Waals surface area contributed by atoms with Crippen molar-refractivity contribution in [2.45, 2.75) is 25.3 Å². The van der Waals surface area contributed by atoms with Crippen LogP contribution < -0.4 is 10.6 Å². The van der Waals surface area contributed by atoms with E-state index < -0.39 is 0 Å². The van der Waals surface area contributed by atoms with Gasteiger partial charge in [0, 0.05) is 25.6 Å². The second-order valence-corrected chi connectivity index (χ2v) is 6.33. The molecular formula is C20H26N2OS. The first kappa shape index (κ1) is 18.4. The van der Waals surface area contributed by atoms with Gasteiger partial charge in [0.1, 0.15) is 0 Å². The van der Waals surface area contributed by atoms with Gasteiger partial charge < -0.3 is 15.4 Å². The van der Waals surface area contributed by atoms with Gasteiger partial charge in [-0.1, -0.05) is 60.7 Å². The Morgan fingerprint density at radius 2 is 1.54 bits per heavy atom. The second-order valence-electron chi connectivity index (χ2n) is 5.92. The van der Waals surface area contributed by atoms with Crippen LogP contribution in [-0.4, -0.2) is 31.4 Å². The van der Waals surface area contributed by atoms with Crippen LogP contribution in [0.2, 0.25) is 0 Å². The van der Waals surface area contributed by atoms with Crippen LogP contribution in [0.25, 0.3) is 0 Å². The summed E-state index contributed by atoms with van der Waals surface area (Å²) in [6, 6.07) is 21.4. The lowest BCUT2D eigenvalue weighted by molar-refractivity contribution is 0.179. The highest BCUT2D eigenvalue weighted by Crippen LogP contribution is 2.27. The number of benzene rings is 2. The van der Waals surface area contributed by atoms with Gasteiger partial charge in [-0.3, -0.25) is 0 Å². The second kappa shape index (κ2) is 10.1. The number of methoxy groups -OCH3 is 1. The van der Waals surface area contributed by atoms with Crippen molar-refractivity contribution in [1.82, 2.24) is 10.6 Å². The van der Waals surface area contributed by atoms with Crippen molar-refractivity contribution in [3.05, 3.63) is 71.8 Å². The van der Waals surface area contributed by atoms with Gasteiger partial charge in [-0.25, -0.2) is 0 Å². The van der Waals surface area contributed by atoms with E-state index in [9.17, 15) is 0 Å². The van der Waals surface area contributed by atoms with E-state index in [2.05, 4.69) is 71.3 Å². The zero-order valence-electron chi connectivity index (χ0n) is 14.4. The fraction of sp³-hybridized carbons (Fsp3) is 0.350. The molecule has 1 atom stereocenters. The highest BCUT2D eigenvalue weighted by atomic mass is 32.1. The maximum Gasteiger partial charge on any atom is 0.166 e. The van der Waals surface area contributed by atoms with E-state index in [1.807, 2.05) is 6.92 Å². The van der Waals surface area contributed by atoms with E-state index in [1.165, 1.54) is 11.1 Å². The molecule has 24 heavy (non-hydrogen) atoms. The Kier molecular flexibility index (Phi) is 7.72. The molecule has 0 amide bonds. The smallest absolute Gasteiger partial charge is 0.166 e. The van der Waals surface area contributed by atoms with Crippen molar-refractivity contribution in [2.24, 2.45) is 0 Å². The van der Waals surface area contributed by atoms with Gasteiger partial charge in [0.15, 0.2) is 5.11 Å². The number of hydrogen-bond donors (Lipinski definition) is 2. The standard InChI is InChI=1S/C20H26N2OS/c1-16(15-23-2)22-20(24)21-14-13-19(17-9-5-3-6-10-17)18-11-7-4-8-12-18/h3-12,16,19H,13-15H2,1-2H3,(H2,21,22,24). The lowest BCUT2D eigenvalue weighted by Gasteiger charge is -2.20. The molecule has 0 saturated heterocycles. The topological polar surface area (TPSA) is 33.3 Å². The van der Waals surface area contributed by atoms with Crippen LogP contribution in [0, 0.1) is 0 Å². The van der Waals surface area contributed by atoms with Crippen molar-refractivity contribution >= 4 is 17.3 Å². The number of rotatable bonds is 8. The molecule has 0 bridgehead atoms. The summed E-state index contributed by atoms with van der Waals surface area (Å²) in [7, 11) is 1.69. The van der Waals surface area contributed by atoms with E-state index in [4.69, 9.17) is 17.0 Å². The molecule has 0 aliphatic carbocycles. The van der Waals surface area contributed by atoms with Gasteiger partial charge in [0.05, 0.1) is 6.61 Å². The summed E-state index contributed by atoms with van der Waals surface area (Å²) in [5, 5.41) is 7.22. The molecule has 2 aromatic rings. The Bertz CT molecular complexity index is 564. The number of nitrogens with one attached hydrogen (secondary N) is 2. The Labute approximate surface area is 150 Å². The lowest BCUT2D eigenvalue weighted by Crippen LogP contribution is -2.42. The van der Waals surface area contributed by atoms with Crippen molar-refractivity contribution in [2.75, 3.05) is 20.3 Å². The lowest BCUT2D eigenvalue weighted by atomic mass is 9.88. The summed E-state index contributed by atoms with van der Waals surface area (Å²) in [5.41, 5.74) is 2.66. The van der Waals surface area contributed by atoms with E-state index >= 15 is 0 Å². The molecule has 2 aromatic carbocycles. The number of ether oxygens (including phenoxy) is 1. The molecule has 0 spiro atoms. The Morgan fingerprint density at radius 3 is 2.04 bits per heavy atom. The quantitative estimate of drug-likeness (QED) is 0.717. The molecule has 0 radical (unpaired) electrons. The third-order valence-electron chi connectivity index (χ3n) is 3.92. The molecule has 0 aliphatic rings. The number of thiocarbonyl (C=S) groups is 1. The van der Waals surface area contributed by atoms with Gasteiger partial charge in [0.25, 0.3) is 0 Å². The van der Waals surface area contributed by atoms with Gasteiger partial charge >= 0.3 is 0 Å². The van der Waals surface area contributed by atoms with Gasteiger partial charge in [-0.2, -0.15) is 0 Å². The minimum absolute atomic E-state index is 0.203. The van der Waals surface area contributed by atoms with Crippen LogP contribution in [0.1, 0.15) is 30.4 Å². The minimum Gasteiger partial charge on any atom is -0.383 e. The molecule has 4 heteroatoms. The molecule has 0 aliphatic heterocycles. The molecule has 1 unspecified atom stereocenters. The molecule has 0 heterocycles. The maximum atomic E-state index is 5.35. The first-order valence-corrected chi connectivity index (χ1v) is 8.74. The fourth-order valence-electron chi connectivity index (χ4n) is 2.79. The van der Waals surface area contributed by atoms with E-state index in [0.29, 0.717) is 17.6 Å². The van der Waals surface area contributed by atoms with Crippen molar-refractivity contribution in [3.8, 4) is 0 Å². The third-order valence-corrected chi connectivity index (χ3v) is 4.18. The summed E-state index contributed by atoms with van der Waals surface area (Å²) in [6.45, 7) is 3.51. The Morgan fingerprint density at radius 1 is 1.00 bits per heavy atom. The van der Waals surface area contributed by atoms with E-state index in [0.717, 1.165) is 13.0 Å². The van der Waals surface area contributed by atoms with Crippen molar-refractivity contribution in [3.63, 3.8) is 0 Å². The number of hydrogen-bond acceptors (Lipinski definition) is 2. The van der Waals surface area contributed by atoms with Gasteiger partial charge in [-0.15, -0.1) is 0 Å². The summed E-state index contributed by atoms with van der Waals surface area (Å²) >= 11 is 5.35. The molecular weight excluding hydrogens is 316 g/mol. The SMILES string of the molecule is COCC(C)NC(=S)NCCC(c1ccccc1)c1ccccc1. The highest BCUT2D eigenvalue weighted by molar-refractivity contribution is 7.80. The molecule has 2 rings (SSSR count). The fourth-order valence-corrected chi connectivity index (χ4v) is 3.10. The highest BCUT2D eigenvalue weighted by Gasteiger charge is 2.13. The maximum absolute atomic E-state index is 5.35. The first-order chi connectivity index (χ1) is 11.7. The summed E-state index contributed by atoms with van der Waals surface area (Å²) in [5.74, 6) is 0.360. The first-order valence-electron chi connectivity index (χ1n) is 8.34. The Hall–Kier alpha value is -1.91. The summed E-state index contributed by atoms with van der Waals surface area (Å²) in [6.07, 6.45) is 0.981. The summed E-state index contributed by atoms with van der Waals surface area (Å²) in [4.78, 5) is 0. The van der Waals surface area contributed by atoms with E-state index in [1.54, 1.807) is 7.11 Å². The monoisotopic (exact) mass is 342 g/mol. The third kappa shape index (κ3) is 5.95. The predicted molar refractivity (Wildman–Crippen MR) is 104 cm³/mol. The molecule has 128 valence electrons. The minimum atomic E-state index is 0.203. The molecule has 0 fully saturated rings. The zero-order chi connectivity index (χ0) is 17.2. The molecule has 3 nitrogen and oxygen atoms in total. The van der Waals surface area contributed by atoms with Gasteiger partial charge in [0.2, 0.25) is 0 Å². The van der Waals surface area contributed by atoms with Crippen LogP contribution in [0.15, 0.2) is 60.7 Å². The average Bonchev–Trinajstić information content (AvgIpc) is 2.60. The normalized spacial score (nSPS) is 12.0. The van der Waals surface area contributed by atoms with Crippen LogP contribution in [0.5, 0.6) is 0 Å². The van der Waals surface area contributed by atoms with Gasteiger partial charge in [-0.05, 0) is 36.7 Å². The zero-order valence-corrected chi connectivity index (χ0v) is 15.2. The largest absolute Gasteiger partial charge is 0.383 e. The van der Waals surface area contributed by atoms with Crippen LogP contribution in [-0.2, 0) is 4.74 Å². The van der Waals surface area contributed by atoms with Crippen molar-refractivity contribution in [1.29, 1.82) is 0 Å². The Balaban J connectivity index is 1.94. The summed E-state index contributed by atoms with van der Waals surface area (Å²) < 4.78 is 5.11. The molecule has 2 N–H and O–H groups in total. The molecule has 0 aromatic heterocycles.